The summed E-state index contributed by atoms with van der Waals surface area (Å²) in [6, 6.07) is 10.7. The van der Waals surface area contributed by atoms with E-state index in [-0.39, 0.29) is 0 Å². The van der Waals surface area contributed by atoms with Crippen LogP contribution in [0.25, 0.3) is 0 Å². The number of hydrogen-bond acceptors (Lipinski definition) is 5. The van der Waals surface area contributed by atoms with Crippen LogP contribution >= 0.6 is 0 Å². The zero-order chi connectivity index (χ0) is 17.1. The minimum atomic E-state index is 0.660. The van der Waals surface area contributed by atoms with Crippen molar-refractivity contribution < 1.29 is 4.74 Å². The molecule has 132 valence electrons. The molecule has 0 atom stereocenters. The fourth-order valence-electron chi connectivity index (χ4n) is 3.73. The van der Waals surface area contributed by atoms with Crippen molar-refractivity contribution in [3.63, 3.8) is 0 Å². The first kappa shape index (κ1) is 16.3. The number of hydrogen-bond donors (Lipinski definition) is 0. The van der Waals surface area contributed by atoms with E-state index in [1.165, 1.54) is 23.2 Å². The molecule has 0 radical (unpaired) electrons. The van der Waals surface area contributed by atoms with Gasteiger partial charge in [0.15, 0.2) is 0 Å². The zero-order valence-corrected chi connectivity index (χ0v) is 14.9. The SMILES string of the molecule is CCOc1nc(N2CCN(Cc3ccccc3)CC2)nc2c1CCC2. The summed E-state index contributed by atoms with van der Waals surface area (Å²) in [5, 5.41) is 0. The topological polar surface area (TPSA) is 41.5 Å². The fourth-order valence-corrected chi connectivity index (χ4v) is 3.73. The van der Waals surface area contributed by atoms with Gasteiger partial charge >= 0.3 is 0 Å². The Morgan fingerprint density at radius 1 is 1.00 bits per heavy atom. The Kier molecular flexibility index (Phi) is 4.83. The molecule has 1 aromatic heterocycles. The highest BCUT2D eigenvalue weighted by molar-refractivity contribution is 5.43. The number of benzene rings is 1. The maximum atomic E-state index is 5.79. The molecule has 1 fully saturated rings. The first-order valence-electron chi connectivity index (χ1n) is 9.37. The van der Waals surface area contributed by atoms with Crippen molar-refractivity contribution in [2.24, 2.45) is 0 Å². The summed E-state index contributed by atoms with van der Waals surface area (Å²) in [5.41, 5.74) is 3.80. The van der Waals surface area contributed by atoms with E-state index in [0.717, 1.165) is 57.4 Å². The van der Waals surface area contributed by atoms with Gasteiger partial charge in [-0.05, 0) is 31.7 Å². The Hall–Kier alpha value is -2.14. The number of ether oxygens (including phenoxy) is 1. The van der Waals surface area contributed by atoms with Crippen LogP contribution in [0.4, 0.5) is 5.95 Å². The minimum Gasteiger partial charge on any atom is -0.478 e. The van der Waals surface area contributed by atoms with Crippen molar-refractivity contribution in [1.82, 2.24) is 14.9 Å². The molecule has 1 aromatic carbocycles. The second-order valence-corrected chi connectivity index (χ2v) is 6.79. The van der Waals surface area contributed by atoms with Gasteiger partial charge in [0.2, 0.25) is 11.8 Å². The molecule has 0 bridgehead atoms. The molecule has 2 aliphatic rings. The summed E-state index contributed by atoms with van der Waals surface area (Å²) < 4.78 is 5.79. The second kappa shape index (κ2) is 7.40. The monoisotopic (exact) mass is 338 g/mol. The Balaban J connectivity index is 1.43. The fraction of sp³-hybridized carbons (Fsp3) is 0.500. The van der Waals surface area contributed by atoms with Crippen LogP contribution in [0.2, 0.25) is 0 Å². The summed E-state index contributed by atoms with van der Waals surface area (Å²) in [6.45, 7) is 7.72. The molecule has 5 heteroatoms. The summed E-state index contributed by atoms with van der Waals surface area (Å²) in [4.78, 5) is 14.4. The second-order valence-electron chi connectivity index (χ2n) is 6.79. The van der Waals surface area contributed by atoms with E-state index in [0.29, 0.717) is 6.61 Å². The van der Waals surface area contributed by atoms with Crippen LogP contribution in [0.3, 0.4) is 0 Å². The largest absolute Gasteiger partial charge is 0.478 e. The molecule has 0 spiro atoms. The van der Waals surface area contributed by atoms with Gasteiger partial charge in [-0.15, -0.1) is 0 Å². The average molecular weight is 338 g/mol. The van der Waals surface area contributed by atoms with E-state index in [2.05, 4.69) is 40.1 Å². The van der Waals surface area contributed by atoms with Gasteiger partial charge in [-0.25, -0.2) is 4.98 Å². The molecular formula is C20H26N4O. The lowest BCUT2D eigenvalue weighted by Gasteiger charge is -2.35. The Morgan fingerprint density at radius 3 is 2.56 bits per heavy atom. The van der Waals surface area contributed by atoms with E-state index < -0.39 is 0 Å². The summed E-state index contributed by atoms with van der Waals surface area (Å²) in [7, 11) is 0. The molecular weight excluding hydrogens is 312 g/mol. The number of aryl methyl sites for hydroxylation is 1. The van der Waals surface area contributed by atoms with Crippen molar-refractivity contribution in [2.75, 3.05) is 37.7 Å². The van der Waals surface area contributed by atoms with Crippen molar-refractivity contribution in [1.29, 1.82) is 0 Å². The van der Waals surface area contributed by atoms with Gasteiger partial charge in [-0.1, -0.05) is 30.3 Å². The van der Waals surface area contributed by atoms with E-state index in [4.69, 9.17) is 14.7 Å². The lowest BCUT2D eigenvalue weighted by Crippen LogP contribution is -2.46. The molecule has 0 amide bonds. The lowest BCUT2D eigenvalue weighted by atomic mass is 10.2. The van der Waals surface area contributed by atoms with Gasteiger partial charge < -0.3 is 9.64 Å². The number of piperazine rings is 1. The molecule has 0 saturated carbocycles. The highest BCUT2D eigenvalue weighted by atomic mass is 16.5. The van der Waals surface area contributed by atoms with Crippen LogP contribution in [-0.4, -0.2) is 47.7 Å². The third-order valence-electron chi connectivity index (χ3n) is 5.07. The Labute approximate surface area is 149 Å². The normalized spacial score (nSPS) is 17.6. The molecule has 0 N–H and O–H groups in total. The molecule has 1 saturated heterocycles. The zero-order valence-electron chi connectivity index (χ0n) is 14.9. The van der Waals surface area contributed by atoms with Crippen molar-refractivity contribution >= 4 is 5.95 Å². The van der Waals surface area contributed by atoms with Crippen LogP contribution in [0.15, 0.2) is 30.3 Å². The van der Waals surface area contributed by atoms with Crippen LogP contribution in [0, 0.1) is 0 Å². The van der Waals surface area contributed by atoms with Crippen LogP contribution < -0.4 is 9.64 Å². The average Bonchev–Trinajstić information content (AvgIpc) is 3.12. The number of nitrogens with zero attached hydrogens (tertiary/aromatic N) is 4. The van der Waals surface area contributed by atoms with Crippen molar-refractivity contribution in [3.8, 4) is 5.88 Å². The number of anilines is 1. The molecule has 4 rings (SSSR count). The molecule has 2 heterocycles. The maximum absolute atomic E-state index is 5.79. The van der Waals surface area contributed by atoms with Gasteiger partial charge in [-0.2, -0.15) is 4.98 Å². The van der Waals surface area contributed by atoms with Gasteiger partial charge in [0.1, 0.15) is 0 Å². The molecule has 1 aliphatic carbocycles. The summed E-state index contributed by atoms with van der Waals surface area (Å²) in [6.07, 6.45) is 3.27. The van der Waals surface area contributed by atoms with E-state index in [1.807, 2.05) is 6.92 Å². The minimum absolute atomic E-state index is 0.660. The third-order valence-corrected chi connectivity index (χ3v) is 5.07. The summed E-state index contributed by atoms with van der Waals surface area (Å²) in [5.74, 6) is 1.66. The highest BCUT2D eigenvalue weighted by Crippen LogP contribution is 2.30. The number of aromatic nitrogens is 2. The number of fused-ring (bicyclic) bond motifs is 1. The van der Waals surface area contributed by atoms with Crippen LogP contribution in [0.1, 0.15) is 30.2 Å². The van der Waals surface area contributed by atoms with Gasteiger partial charge in [0, 0.05) is 38.3 Å². The number of rotatable bonds is 5. The first-order chi connectivity index (χ1) is 12.3. The molecule has 2 aromatic rings. The van der Waals surface area contributed by atoms with Crippen molar-refractivity contribution in [3.05, 3.63) is 47.2 Å². The molecule has 0 unspecified atom stereocenters. The van der Waals surface area contributed by atoms with Gasteiger partial charge in [-0.3, -0.25) is 4.90 Å². The van der Waals surface area contributed by atoms with Crippen LogP contribution in [-0.2, 0) is 19.4 Å². The first-order valence-corrected chi connectivity index (χ1v) is 9.37. The highest BCUT2D eigenvalue weighted by Gasteiger charge is 2.24. The van der Waals surface area contributed by atoms with Crippen molar-refractivity contribution in [2.45, 2.75) is 32.7 Å². The molecule has 1 aliphatic heterocycles. The predicted molar refractivity (Wildman–Crippen MR) is 99.2 cm³/mol. The van der Waals surface area contributed by atoms with Crippen LogP contribution in [0.5, 0.6) is 5.88 Å². The lowest BCUT2D eigenvalue weighted by molar-refractivity contribution is 0.248. The predicted octanol–water partition coefficient (Wildman–Crippen LogP) is 2.69. The van der Waals surface area contributed by atoms with E-state index in [1.54, 1.807) is 0 Å². The van der Waals surface area contributed by atoms with E-state index in [9.17, 15) is 0 Å². The smallest absolute Gasteiger partial charge is 0.228 e. The quantitative estimate of drug-likeness (QED) is 0.838. The van der Waals surface area contributed by atoms with Gasteiger partial charge in [0.05, 0.1) is 12.3 Å². The van der Waals surface area contributed by atoms with Gasteiger partial charge in [0.25, 0.3) is 0 Å². The summed E-state index contributed by atoms with van der Waals surface area (Å²) >= 11 is 0. The third kappa shape index (κ3) is 3.61. The standard InChI is InChI=1S/C20H26N4O/c1-2-25-19-17-9-6-10-18(17)21-20(22-19)24-13-11-23(12-14-24)15-16-7-4-3-5-8-16/h3-5,7-8H,2,6,9-15H2,1H3. The molecule has 25 heavy (non-hydrogen) atoms. The Bertz CT molecular complexity index is 711. The molecule has 5 nitrogen and oxygen atoms in total. The Morgan fingerprint density at radius 2 is 1.80 bits per heavy atom. The maximum Gasteiger partial charge on any atom is 0.228 e. The van der Waals surface area contributed by atoms with E-state index >= 15 is 0 Å².